The van der Waals surface area contributed by atoms with Crippen LogP contribution in [-0.2, 0) is 0 Å². The van der Waals surface area contributed by atoms with Crippen molar-refractivity contribution in [3.8, 4) is 5.69 Å². The molecule has 0 aliphatic rings. The van der Waals surface area contributed by atoms with Crippen LogP contribution in [0.3, 0.4) is 0 Å². The Kier molecular flexibility index (Phi) is 4.29. The van der Waals surface area contributed by atoms with Crippen LogP contribution in [0.2, 0.25) is 0 Å². The molecular formula is C13H14F2N4O. The van der Waals surface area contributed by atoms with Gasteiger partial charge in [0.25, 0.3) is 6.43 Å². The SMILES string of the molecule is Cc1ccnn1-c1ccccc1NC(=O)NCC(F)F. The molecular weight excluding hydrogens is 266 g/mol. The quantitative estimate of drug-likeness (QED) is 0.904. The summed E-state index contributed by atoms with van der Waals surface area (Å²) in [4.78, 5) is 11.5. The van der Waals surface area contributed by atoms with Gasteiger partial charge in [0.2, 0.25) is 0 Å². The highest BCUT2D eigenvalue weighted by Crippen LogP contribution is 2.20. The van der Waals surface area contributed by atoms with Gasteiger partial charge in [0.05, 0.1) is 17.9 Å². The molecule has 0 aliphatic carbocycles. The lowest BCUT2D eigenvalue weighted by Gasteiger charge is -2.12. The summed E-state index contributed by atoms with van der Waals surface area (Å²) in [5, 5.41) is 8.78. The standard InChI is InChI=1S/C13H14F2N4O/c1-9-6-7-17-19(9)11-5-3-2-4-10(11)18-13(20)16-8-12(14)15/h2-7,12H,8H2,1H3,(H2,16,18,20). The zero-order valence-electron chi connectivity index (χ0n) is 10.8. The van der Waals surface area contributed by atoms with Crippen LogP contribution in [0, 0.1) is 6.92 Å². The van der Waals surface area contributed by atoms with E-state index in [1.807, 2.05) is 13.0 Å². The smallest absolute Gasteiger partial charge is 0.319 e. The summed E-state index contributed by atoms with van der Waals surface area (Å²) in [7, 11) is 0. The van der Waals surface area contributed by atoms with Crippen molar-refractivity contribution in [1.82, 2.24) is 15.1 Å². The van der Waals surface area contributed by atoms with Gasteiger partial charge >= 0.3 is 6.03 Å². The normalized spacial score (nSPS) is 10.6. The fourth-order valence-electron chi connectivity index (χ4n) is 1.72. The highest BCUT2D eigenvalue weighted by Gasteiger charge is 2.11. The first-order chi connectivity index (χ1) is 9.58. The van der Waals surface area contributed by atoms with Crippen LogP contribution in [-0.4, -0.2) is 28.8 Å². The van der Waals surface area contributed by atoms with Crippen LogP contribution >= 0.6 is 0 Å². The number of carbonyl (C=O) groups is 1. The molecule has 20 heavy (non-hydrogen) atoms. The number of carbonyl (C=O) groups excluding carboxylic acids is 1. The van der Waals surface area contributed by atoms with Crippen LogP contribution in [0.5, 0.6) is 0 Å². The van der Waals surface area contributed by atoms with E-state index in [0.29, 0.717) is 11.4 Å². The molecule has 0 aliphatic heterocycles. The lowest BCUT2D eigenvalue weighted by atomic mass is 10.2. The number of rotatable bonds is 4. The Morgan fingerprint density at radius 3 is 2.75 bits per heavy atom. The minimum Gasteiger partial charge on any atom is -0.332 e. The number of aryl methyl sites for hydroxylation is 1. The molecule has 2 aromatic rings. The number of benzene rings is 1. The highest BCUT2D eigenvalue weighted by atomic mass is 19.3. The Morgan fingerprint density at radius 2 is 2.10 bits per heavy atom. The van der Waals surface area contributed by atoms with Gasteiger partial charge in [-0.2, -0.15) is 5.10 Å². The van der Waals surface area contributed by atoms with Gasteiger partial charge in [-0.1, -0.05) is 12.1 Å². The molecule has 106 valence electrons. The second-order valence-corrected chi connectivity index (χ2v) is 4.13. The minimum absolute atomic E-state index is 0.492. The first kappa shape index (κ1) is 14.0. The van der Waals surface area contributed by atoms with E-state index < -0.39 is 19.0 Å². The van der Waals surface area contributed by atoms with Crippen LogP contribution in [0.4, 0.5) is 19.3 Å². The third kappa shape index (κ3) is 3.31. The Labute approximate surface area is 114 Å². The van der Waals surface area contributed by atoms with E-state index in [9.17, 15) is 13.6 Å². The van der Waals surface area contributed by atoms with Crippen molar-refractivity contribution < 1.29 is 13.6 Å². The summed E-state index contributed by atoms with van der Waals surface area (Å²) in [6.07, 6.45) is -0.937. The predicted octanol–water partition coefficient (Wildman–Crippen LogP) is 2.57. The van der Waals surface area contributed by atoms with Gasteiger partial charge in [0.15, 0.2) is 0 Å². The average molecular weight is 280 g/mol. The molecule has 2 N–H and O–H groups in total. The van der Waals surface area contributed by atoms with Gasteiger partial charge in [-0.3, -0.25) is 0 Å². The lowest BCUT2D eigenvalue weighted by molar-refractivity contribution is 0.148. The number of halogens is 2. The maximum absolute atomic E-state index is 12.0. The van der Waals surface area contributed by atoms with E-state index in [-0.39, 0.29) is 0 Å². The van der Waals surface area contributed by atoms with Crippen molar-refractivity contribution in [3.05, 3.63) is 42.2 Å². The highest BCUT2D eigenvalue weighted by molar-refractivity contribution is 5.91. The zero-order chi connectivity index (χ0) is 14.5. The topological polar surface area (TPSA) is 59.0 Å². The predicted molar refractivity (Wildman–Crippen MR) is 71.3 cm³/mol. The second-order valence-electron chi connectivity index (χ2n) is 4.13. The van der Waals surface area contributed by atoms with E-state index in [2.05, 4.69) is 15.7 Å². The molecule has 0 spiro atoms. The van der Waals surface area contributed by atoms with E-state index in [1.54, 1.807) is 35.1 Å². The second kappa shape index (κ2) is 6.14. The molecule has 0 saturated heterocycles. The zero-order valence-corrected chi connectivity index (χ0v) is 10.8. The molecule has 0 saturated carbocycles. The van der Waals surface area contributed by atoms with Gasteiger partial charge < -0.3 is 10.6 Å². The summed E-state index contributed by atoms with van der Waals surface area (Å²) in [5.74, 6) is 0. The maximum Gasteiger partial charge on any atom is 0.319 e. The van der Waals surface area contributed by atoms with E-state index in [4.69, 9.17) is 0 Å². The van der Waals surface area contributed by atoms with Gasteiger partial charge in [-0.05, 0) is 25.1 Å². The van der Waals surface area contributed by atoms with Crippen molar-refractivity contribution >= 4 is 11.7 Å². The van der Waals surface area contributed by atoms with Crippen molar-refractivity contribution in [2.24, 2.45) is 0 Å². The van der Waals surface area contributed by atoms with Crippen LogP contribution in [0.25, 0.3) is 5.69 Å². The molecule has 0 fully saturated rings. The average Bonchev–Trinajstić information content (AvgIpc) is 2.83. The molecule has 7 heteroatoms. The molecule has 2 rings (SSSR count). The van der Waals surface area contributed by atoms with Crippen molar-refractivity contribution in [1.29, 1.82) is 0 Å². The Balaban J connectivity index is 2.17. The summed E-state index contributed by atoms with van der Waals surface area (Å²) in [6.45, 7) is 1.19. The van der Waals surface area contributed by atoms with Gasteiger partial charge in [-0.25, -0.2) is 18.3 Å². The van der Waals surface area contributed by atoms with Crippen LogP contribution in [0.1, 0.15) is 5.69 Å². The van der Waals surface area contributed by atoms with E-state index >= 15 is 0 Å². The number of anilines is 1. The van der Waals surface area contributed by atoms with Crippen molar-refractivity contribution in [2.75, 3.05) is 11.9 Å². The fourth-order valence-corrected chi connectivity index (χ4v) is 1.72. The monoisotopic (exact) mass is 280 g/mol. The van der Waals surface area contributed by atoms with Gasteiger partial charge in [0.1, 0.15) is 0 Å². The Morgan fingerprint density at radius 1 is 1.35 bits per heavy atom. The third-order valence-corrected chi connectivity index (χ3v) is 2.63. The minimum atomic E-state index is -2.58. The molecule has 0 atom stereocenters. The van der Waals surface area contributed by atoms with E-state index in [0.717, 1.165) is 5.69 Å². The number of nitrogens with one attached hydrogen (secondary N) is 2. The number of amides is 2. The lowest BCUT2D eigenvalue weighted by Crippen LogP contribution is -2.32. The van der Waals surface area contributed by atoms with Gasteiger partial charge in [-0.15, -0.1) is 0 Å². The molecule has 2 amide bonds. The number of hydrogen-bond donors (Lipinski definition) is 2. The van der Waals surface area contributed by atoms with Gasteiger partial charge in [0, 0.05) is 11.9 Å². The molecule has 0 radical (unpaired) electrons. The third-order valence-electron chi connectivity index (χ3n) is 2.63. The van der Waals surface area contributed by atoms with Crippen molar-refractivity contribution in [3.63, 3.8) is 0 Å². The van der Waals surface area contributed by atoms with Crippen molar-refractivity contribution in [2.45, 2.75) is 13.3 Å². The summed E-state index contributed by atoms with van der Waals surface area (Å²) >= 11 is 0. The molecule has 1 aromatic carbocycles. The number of urea groups is 1. The Hall–Kier alpha value is -2.44. The van der Waals surface area contributed by atoms with Crippen LogP contribution in [0.15, 0.2) is 36.5 Å². The number of alkyl halides is 2. The number of aromatic nitrogens is 2. The molecule has 1 heterocycles. The van der Waals surface area contributed by atoms with E-state index in [1.165, 1.54) is 0 Å². The van der Waals surface area contributed by atoms with Crippen LogP contribution < -0.4 is 10.6 Å². The molecule has 0 bridgehead atoms. The molecule has 0 unspecified atom stereocenters. The largest absolute Gasteiger partial charge is 0.332 e. The summed E-state index contributed by atoms with van der Waals surface area (Å²) in [5.41, 5.74) is 2.06. The molecule has 1 aromatic heterocycles. The Bertz CT molecular complexity index is 598. The molecule has 5 nitrogen and oxygen atoms in total. The number of hydrogen-bond acceptors (Lipinski definition) is 2. The number of nitrogens with zero attached hydrogens (tertiary/aromatic N) is 2. The first-order valence-corrected chi connectivity index (χ1v) is 6.01. The fraction of sp³-hybridized carbons (Fsp3) is 0.231. The summed E-state index contributed by atoms with van der Waals surface area (Å²) < 4.78 is 25.7. The number of para-hydroxylation sites is 2. The first-order valence-electron chi connectivity index (χ1n) is 6.01. The summed E-state index contributed by atoms with van der Waals surface area (Å²) in [6, 6.07) is 8.15. The maximum atomic E-state index is 12.0.